The third-order valence-electron chi connectivity index (χ3n) is 4.86. The maximum atomic E-state index is 11.5. The van der Waals surface area contributed by atoms with Gasteiger partial charge in [0.15, 0.2) is 0 Å². The minimum atomic E-state index is -0.168. The van der Waals surface area contributed by atoms with E-state index in [1.54, 1.807) is 14.2 Å². The van der Waals surface area contributed by atoms with Gasteiger partial charge in [-0.05, 0) is 42.7 Å². The van der Waals surface area contributed by atoms with Crippen LogP contribution >= 0.6 is 0 Å². The lowest BCUT2D eigenvalue weighted by atomic mass is 10.0. The molecule has 3 rings (SSSR count). The number of methoxy groups -OCH3 is 2. The molecule has 1 aromatic heterocycles. The number of hydrogen-bond acceptors (Lipinski definition) is 6. The number of nitrogens with one attached hydrogen (secondary N) is 1. The van der Waals surface area contributed by atoms with Crippen LogP contribution in [0.3, 0.4) is 0 Å². The molecule has 0 aliphatic carbocycles. The lowest BCUT2D eigenvalue weighted by molar-refractivity contribution is -0.143. The molecule has 6 heteroatoms. The highest BCUT2D eigenvalue weighted by Gasteiger charge is 2.14. The quantitative estimate of drug-likeness (QED) is 0.472. The second-order valence-electron chi connectivity index (χ2n) is 6.94. The van der Waals surface area contributed by atoms with E-state index in [1.165, 1.54) is 0 Å². The topological polar surface area (TPSA) is 69.7 Å². The van der Waals surface area contributed by atoms with E-state index < -0.39 is 0 Å². The summed E-state index contributed by atoms with van der Waals surface area (Å²) in [5.41, 5.74) is 4.93. The van der Waals surface area contributed by atoms with Crippen molar-refractivity contribution in [3.63, 3.8) is 0 Å². The summed E-state index contributed by atoms with van der Waals surface area (Å²) >= 11 is 0. The Morgan fingerprint density at radius 1 is 0.968 bits per heavy atom. The zero-order chi connectivity index (χ0) is 22.1. The van der Waals surface area contributed by atoms with Gasteiger partial charge in [0.25, 0.3) is 0 Å². The molecule has 0 radical (unpaired) electrons. The molecule has 0 aliphatic heterocycles. The smallest absolute Gasteiger partial charge is 0.306 e. The molecule has 162 valence electrons. The van der Waals surface area contributed by atoms with E-state index in [4.69, 9.17) is 14.2 Å². The number of carbonyl (C=O) groups excluding carboxylic acids is 1. The van der Waals surface area contributed by atoms with Gasteiger partial charge in [-0.2, -0.15) is 4.98 Å². The average molecular weight is 421 g/mol. The van der Waals surface area contributed by atoms with Gasteiger partial charge in [0, 0.05) is 29.8 Å². The first-order valence-electron chi connectivity index (χ1n) is 10.3. The molecule has 0 amide bonds. The second kappa shape index (κ2) is 11.0. The van der Waals surface area contributed by atoms with Crippen molar-refractivity contribution >= 4 is 11.7 Å². The number of ether oxygens (including phenoxy) is 3. The first-order chi connectivity index (χ1) is 15.1. The lowest BCUT2D eigenvalue weighted by Crippen LogP contribution is -2.06. The van der Waals surface area contributed by atoms with E-state index in [-0.39, 0.29) is 5.97 Å². The zero-order valence-electron chi connectivity index (χ0n) is 18.2. The molecule has 0 spiro atoms. The molecular weight excluding hydrogens is 392 g/mol. The highest BCUT2D eigenvalue weighted by atomic mass is 16.5. The standard InChI is InChI=1S/C25H28N2O4/c1-4-31-23(28)15-12-18-10-13-21(14-11-18)26-17-20-16-22(19-8-6-5-7-9-19)25(30-3)27-24(20)29-2/h5-11,13-14,16,26H,4,12,15,17H2,1-3H3. The van der Waals surface area contributed by atoms with Crippen molar-refractivity contribution in [2.75, 3.05) is 26.1 Å². The molecule has 0 aliphatic rings. The van der Waals surface area contributed by atoms with E-state index in [9.17, 15) is 4.79 Å². The second-order valence-corrected chi connectivity index (χ2v) is 6.94. The number of pyridine rings is 1. The van der Waals surface area contributed by atoms with Gasteiger partial charge in [-0.25, -0.2) is 0 Å². The van der Waals surface area contributed by atoms with Crippen LogP contribution in [0.25, 0.3) is 11.1 Å². The number of benzene rings is 2. The number of hydrogen-bond donors (Lipinski definition) is 1. The van der Waals surface area contributed by atoms with Crippen LogP contribution in [-0.4, -0.2) is 31.8 Å². The molecule has 0 atom stereocenters. The Labute approximate surface area is 183 Å². The summed E-state index contributed by atoms with van der Waals surface area (Å²) in [5.74, 6) is 0.880. The van der Waals surface area contributed by atoms with E-state index in [1.807, 2.05) is 67.6 Å². The predicted molar refractivity (Wildman–Crippen MR) is 121 cm³/mol. The van der Waals surface area contributed by atoms with Crippen LogP contribution in [0.5, 0.6) is 11.8 Å². The largest absolute Gasteiger partial charge is 0.481 e. The van der Waals surface area contributed by atoms with Crippen molar-refractivity contribution in [3.05, 3.63) is 71.8 Å². The molecular formula is C25H28N2O4. The first kappa shape index (κ1) is 22.2. The molecule has 0 saturated heterocycles. The molecule has 3 aromatic rings. The third kappa shape index (κ3) is 5.98. The predicted octanol–water partition coefficient (Wildman–Crippen LogP) is 4.87. The summed E-state index contributed by atoms with van der Waals surface area (Å²) in [6, 6.07) is 20.1. The minimum Gasteiger partial charge on any atom is -0.481 e. The summed E-state index contributed by atoms with van der Waals surface area (Å²) in [5, 5.41) is 3.41. The highest BCUT2D eigenvalue weighted by Crippen LogP contribution is 2.33. The van der Waals surface area contributed by atoms with Gasteiger partial charge in [-0.1, -0.05) is 42.5 Å². The van der Waals surface area contributed by atoms with Crippen molar-refractivity contribution in [3.8, 4) is 22.9 Å². The van der Waals surface area contributed by atoms with Gasteiger partial charge in [0.2, 0.25) is 11.8 Å². The first-order valence-corrected chi connectivity index (χ1v) is 10.3. The van der Waals surface area contributed by atoms with Crippen LogP contribution in [0, 0.1) is 0 Å². The number of esters is 1. The number of aromatic nitrogens is 1. The van der Waals surface area contributed by atoms with Crippen LogP contribution in [0.4, 0.5) is 5.69 Å². The molecule has 0 unspecified atom stereocenters. The molecule has 1 heterocycles. The molecule has 0 fully saturated rings. The number of aryl methyl sites for hydroxylation is 1. The fraction of sp³-hybridized carbons (Fsp3) is 0.280. The molecule has 31 heavy (non-hydrogen) atoms. The summed E-state index contributed by atoms with van der Waals surface area (Å²) in [7, 11) is 3.21. The number of nitrogens with zero attached hydrogens (tertiary/aromatic N) is 1. The summed E-state index contributed by atoms with van der Waals surface area (Å²) in [6.07, 6.45) is 1.05. The molecule has 0 saturated carbocycles. The van der Waals surface area contributed by atoms with Crippen LogP contribution < -0.4 is 14.8 Å². The Morgan fingerprint density at radius 3 is 2.32 bits per heavy atom. The van der Waals surface area contributed by atoms with Crippen molar-refractivity contribution in [1.82, 2.24) is 4.98 Å². The van der Waals surface area contributed by atoms with Crippen LogP contribution in [-0.2, 0) is 22.5 Å². The minimum absolute atomic E-state index is 0.168. The third-order valence-corrected chi connectivity index (χ3v) is 4.86. The van der Waals surface area contributed by atoms with Gasteiger partial charge in [-0.15, -0.1) is 0 Å². The van der Waals surface area contributed by atoms with Crippen LogP contribution in [0.2, 0.25) is 0 Å². The monoisotopic (exact) mass is 420 g/mol. The summed E-state index contributed by atoms with van der Waals surface area (Å²) < 4.78 is 15.9. The van der Waals surface area contributed by atoms with Gasteiger partial charge in [0.05, 0.1) is 20.8 Å². The average Bonchev–Trinajstić information content (AvgIpc) is 2.82. The Kier molecular flexibility index (Phi) is 7.87. The Morgan fingerprint density at radius 2 is 1.68 bits per heavy atom. The molecule has 2 aromatic carbocycles. The van der Waals surface area contributed by atoms with E-state index >= 15 is 0 Å². The van der Waals surface area contributed by atoms with Gasteiger partial charge in [0.1, 0.15) is 0 Å². The van der Waals surface area contributed by atoms with Crippen molar-refractivity contribution < 1.29 is 19.0 Å². The van der Waals surface area contributed by atoms with Crippen LogP contribution in [0.1, 0.15) is 24.5 Å². The maximum Gasteiger partial charge on any atom is 0.306 e. The van der Waals surface area contributed by atoms with Crippen molar-refractivity contribution in [2.45, 2.75) is 26.3 Å². The van der Waals surface area contributed by atoms with Gasteiger partial charge >= 0.3 is 5.97 Å². The zero-order valence-corrected chi connectivity index (χ0v) is 18.2. The normalized spacial score (nSPS) is 10.4. The van der Waals surface area contributed by atoms with E-state index in [0.717, 1.165) is 27.9 Å². The number of carbonyl (C=O) groups is 1. The fourth-order valence-electron chi connectivity index (χ4n) is 3.27. The van der Waals surface area contributed by atoms with Crippen molar-refractivity contribution in [2.24, 2.45) is 0 Å². The molecule has 1 N–H and O–H groups in total. The summed E-state index contributed by atoms with van der Waals surface area (Å²) in [6.45, 7) is 2.77. The molecule has 0 bridgehead atoms. The van der Waals surface area contributed by atoms with E-state index in [0.29, 0.717) is 37.8 Å². The number of rotatable bonds is 10. The summed E-state index contributed by atoms with van der Waals surface area (Å²) in [4.78, 5) is 16.1. The van der Waals surface area contributed by atoms with Gasteiger partial charge in [-0.3, -0.25) is 4.79 Å². The Hall–Kier alpha value is -3.54. The fourth-order valence-corrected chi connectivity index (χ4v) is 3.27. The highest BCUT2D eigenvalue weighted by molar-refractivity contribution is 5.70. The van der Waals surface area contributed by atoms with Crippen LogP contribution in [0.15, 0.2) is 60.7 Å². The van der Waals surface area contributed by atoms with Crippen molar-refractivity contribution in [1.29, 1.82) is 0 Å². The lowest BCUT2D eigenvalue weighted by Gasteiger charge is -2.15. The maximum absolute atomic E-state index is 11.5. The Balaban J connectivity index is 1.71. The molecule has 6 nitrogen and oxygen atoms in total. The van der Waals surface area contributed by atoms with Gasteiger partial charge < -0.3 is 19.5 Å². The van der Waals surface area contributed by atoms with E-state index in [2.05, 4.69) is 10.3 Å². The SMILES string of the molecule is CCOC(=O)CCc1ccc(NCc2cc(-c3ccccc3)c(OC)nc2OC)cc1. The number of anilines is 1. The Bertz CT molecular complexity index is 988.